The number of rotatable bonds is 2. The van der Waals surface area contributed by atoms with Crippen LogP contribution in [0.3, 0.4) is 0 Å². The van der Waals surface area contributed by atoms with Crippen LogP contribution in [-0.4, -0.2) is 23.7 Å². The number of pyridine rings is 1. The van der Waals surface area contributed by atoms with Gasteiger partial charge < -0.3 is 4.74 Å². The van der Waals surface area contributed by atoms with Gasteiger partial charge in [0.1, 0.15) is 10.3 Å². The Morgan fingerprint density at radius 3 is 2.25 bits per heavy atom. The van der Waals surface area contributed by atoms with Gasteiger partial charge in [0.05, 0.1) is 5.56 Å². The summed E-state index contributed by atoms with van der Waals surface area (Å²) in [5, 5.41) is -0.210. The number of ether oxygens (including phenoxy) is 1. The largest absolute Gasteiger partial charge is 0.452 e. The first-order valence-electron chi connectivity index (χ1n) is 3.85. The van der Waals surface area contributed by atoms with Crippen LogP contribution < -0.4 is 0 Å². The van der Waals surface area contributed by atoms with Crippen LogP contribution in [0.5, 0.6) is 0 Å². The fourth-order valence-electron chi connectivity index (χ4n) is 0.813. The normalized spacial score (nSPS) is 11.3. The number of hydrogen-bond donors (Lipinski definition) is 0. The van der Waals surface area contributed by atoms with Gasteiger partial charge in [0.15, 0.2) is 6.61 Å². The van der Waals surface area contributed by atoms with E-state index in [4.69, 9.17) is 23.2 Å². The Morgan fingerprint density at radius 2 is 1.81 bits per heavy atom. The number of aromatic nitrogens is 1. The second-order valence-electron chi connectivity index (χ2n) is 2.69. The molecule has 3 nitrogen and oxygen atoms in total. The lowest BCUT2D eigenvalue weighted by atomic mass is 10.3. The van der Waals surface area contributed by atoms with E-state index in [0.717, 1.165) is 12.1 Å². The monoisotopic (exact) mass is 273 g/mol. The Bertz CT molecular complexity index is 389. The minimum atomic E-state index is -4.57. The summed E-state index contributed by atoms with van der Waals surface area (Å²) in [7, 11) is 0. The molecule has 0 aliphatic heterocycles. The summed E-state index contributed by atoms with van der Waals surface area (Å²) in [6.45, 7) is -1.66. The second-order valence-corrected chi connectivity index (χ2v) is 3.47. The molecule has 1 rings (SSSR count). The molecule has 0 bridgehead atoms. The fourth-order valence-corrected chi connectivity index (χ4v) is 1.27. The van der Waals surface area contributed by atoms with Crippen LogP contribution in [0, 0.1) is 0 Å². The highest BCUT2D eigenvalue weighted by atomic mass is 35.5. The van der Waals surface area contributed by atoms with Gasteiger partial charge >= 0.3 is 12.1 Å². The minimum absolute atomic E-state index is 0.105. The molecule has 0 fully saturated rings. The third kappa shape index (κ3) is 4.24. The number of hydrogen-bond acceptors (Lipinski definition) is 3. The van der Waals surface area contributed by atoms with Gasteiger partial charge in [-0.3, -0.25) is 0 Å². The summed E-state index contributed by atoms with van der Waals surface area (Å²) in [5.41, 5.74) is -0.186. The van der Waals surface area contributed by atoms with Gasteiger partial charge in [-0.1, -0.05) is 23.2 Å². The van der Waals surface area contributed by atoms with E-state index in [9.17, 15) is 18.0 Å². The van der Waals surface area contributed by atoms with E-state index >= 15 is 0 Å². The van der Waals surface area contributed by atoms with Gasteiger partial charge in [0.25, 0.3) is 0 Å². The standard InChI is InChI=1S/C8H4Cl2F3NO2/c9-5-1-4(2-6(10)14-5)7(15)16-3-8(11,12)13/h1-2H,3H2. The van der Waals surface area contributed by atoms with Crippen molar-refractivity contribution in [3.05, 3.63) is 28.0 Å². The maximum absolute atomic E-state index is 11.7. The molecule has 8 heteroatoms. The number of halogens is 5. The number of nitrogens with zero attached hydrogens (tertiary/aromatic N) is 1. The summed E-state index contributed by atoms with van der Waals surface area (Å²) in [6.07, 6.45) is -4.57. The van der Waals surface area contributed by atoms with Crippen molar-refractivity contribution < 1.29 is 22.7 Å². The smallest absolute Gasteiger partial charge is 0.422 e. The zero-order valence-corrected chi connectivity index (χ0v) is 9.03. The van der Waals surface area contributed by atoms with Crippen molar-refractivity contribution in [1.82, 2.24) is 4.98 Å². The zero-order chi connectivity index (χ0) is 12.3. The van der Waals surface area contributed by atoms with E-state index in [2.05, 4.69) is 9.72 Å². The predicted octanol–water partition coefficient (Wildman–Crippen LogP) is 3.11. The number of esters is 1. The highest BCUT2D eigenvalue weighted by Gasteiger charge is 2.29. The van der Waals surface area contributed by atoms with Crippen molar-refractivity contribution in [2.45, 2.75) is 6.18 Å². The quantitative estimate of drug-likeness (QED) is 0.614. The Kier molecular flexibility index (Phi) is 3.98. The minimum Gasteiger partial charge on any atom is -0.452 e. The van der Waals surface area contributed by atoms with Crippen LogP contribution in [0.25, 0.3) is 0 Å². The molecule has 0 saturated heterocycles. The lowest BCUT2D eigenvalue weighted by Crippen LogP contribution is -2.20. The van der Waals surface area contributed by atoms with Crippen molar-refractivity contribution in [3.8, 4) is 0 Å². The molecule has 0 aliphatic carbocycles. The molecule has 0 saturated carbocycles. The molecular formula is C8H4Cl2F3NO2. The maximum atomic E-state index is 11.7. The van der Waals surface area contributed by atoms with Crippen molar-refractivity contribution in [1.29, 1.82) is 0 Å². The van der Waals surface area contributed by atoms with Gasteiger partial charge in [0.2, 0.25) is 0 Å². The zero-order valence-electron chi connectivity index (χ0n) is 7.52. The first-order valence-corrected chi connectivity index (χ1v) is 4.60. The average Bonchev–Trinajstić information content (AvgIpc) is 2.11. The van der Waals surface area contributed by atoms with E-state index in [1.165, 1.54) is 0 Å². The molecule has 1 aromatic rings. The lowest BCUT2D eigenvalue weighted by molar-refractivity contribution is -0.161. The molecule has 0 aromatic carbocycles. The van der Waals surface area contributed by atoms with Gasteiger partial charge in [-0.25, -0.2) is 9.78 Å². The Morgan fingerprint density at radius 1 is 1.31 bits per heavy atom. The molecule has 88 valence electrons. The second kappa shape index (κ2) is 4.88. The van der Waals surface area contributed by atoms with Crippen LogP contribution in [0.15, 0.2) is 12.1 Å². The van der Waals surface area contributed by atoms with E-state index in [1.54, 1.807) is 0 Å². The van der Waals surface area contributed by atoms with Crippen LogP contribution in [-0.2, 0) is 4.74 Å². The van der Waals surface area contributed by atoms with Crippen LogP contribution in [0.2, 0.25) is 10.3 Å². The molecule has 0 spiro atoms. The fraction of sp³-hybridized carbons (Fsp3) is 0.250. The SMILES string of the molecule is O=C(OCC(F)(F)F)c1cc(Cl)nc(Cl)c1. The summed E-state index contributed by atoms with van der Waals surface area (Å²) < 4.78 is 39.2. The highest BCUT2D eigenvalue weighted by Crippen LogP contribution is 2.18. The number of carbonyl (C=O) groups excluding carboxylic acids is 1. The van der Waals surface area contributed by atoms with E-state index in [1.807, 2.05) is 0 Å². The van der Waals surface area contributed by atoms with Crippen molar-refractivity contribution >= 4 is 29.2 Å². The molecule has 0 aliphatic rings. The summed E-state index contributed by atoms with van der Waals surface area (Å²) in [4.78, 5) is 14.7. The maximum Gasteiger partial charge on any atom is 0.422 e. The van der Waals surface area contributed by atoms with Crippen LogP contribution >= 0.6 is 23.2 Å². The van der Waals surface area contributed by atoms with Crippen molar-refractivity contribution in [2.24, 2.45) is 0 Å². The average molecular weight is 274 g/mol. The molecule has 0 amide bonds. The molecule has 16 heavy (non-hydrogen) atoms. The van der Waals surface area contributed by atoms with E-state index in [-0.39, 0.29) is 15.9 Å². The molecule has 1 aromatic heterocycles. The summed E-state index contributed by atoms with van der Waals surface area (Å²) in [6, 6.07) is 2.12. The van der Waals surface area contributed by atoms with Gasteiger partial charge in [-0.2, -0.15) is 13.2 Å². The molecular weight excluding hydrogens is 270 g/mol. The van der Waals surface area contributed by atoms with Crippen LogP contribution in [0.1, 0.15) is 10.4 Å². The Balaban J connectivity index is 2.73. The third-order valence-corrected chi connectivity index (χ3v) is 1.75. The third-order valence-electron chi connectivity index (χ3n) is 1.37. The van der Waals surface area contributed by atoms with Crippen molar-refractivity contribution in [2.75, 3.05) is 6.61 Å². The number of carbonyl (C=O) groups is 1. The van der Waals surface area contributed by atoms with Crippen LogP contribution in [0.4, 0.5) is 13.2 Å². The first-order chi connectivity index (χ1) is 7.28. The van der Waals surface area contributed by atoms with E-state index < -0.39 is 18.8 Å². The molecule has 0 radical (unpaired) electrons. The first kappa shape index (κ1) is 13.1. The number of alkyl halides is 3. The molecule has 0 atom stereocenters. The summed E-state index contributed by atoms with van der Waals surface area (Å²) >= 11 is 10.9. The Hall–Kier alpha value is -1.01. The van der Waals surface area contributed by atoms with Crippen molar-refractivity contribution in [3.63, 3.8) is 0 Å². The van der Waals surface area contributed by atoms with Gasteiger partial charge in [-0.15, -0.1) is 0 Å². The molecule has 1 heterocycles. The van der Waals surface area contributed by atoms with E-state index in [0.29, 0.717) is 0 Å². The topological polar surface area (TPSA) is 39.2 Å². The highest BCUT2D eigenvalue weighted by molar-refractivity contribution is 6.32. The molecule has 0 unspecified atom stereocenters. The van der Waals surface area contributed by atoms with Gasteiger partial charge in [0, 0.05) is 0 Å². The Labute approximate surface area is 98.1 Å². The lowest BCUT2D eigenvalue weighted by Gasteiger charge is -2.07. The molecule has 0 N–H and O–H groups in total. The summed E-state index contributed by atoms with van der Waals surface area (Å²) in [5.74, 6) is -1.16. The van der Waals surface area contributed by atoms with Gasteiger partial charge in [-0.05, 0) is 12.1 Å². The predicted molar refractivity (Wildman–Crippen MR) is 50.6 cm³/mol.